The van der Waals surface area contributed by atoms with Gasteiger partial charge in [0.2, 0.25) is 0 Å². The number of hydrogen-bond acceptors (Lipinski definition) is 2. The molecule has 2 heteroatoms. The van der Waals surface area contributed by atoms with Gasteiger partial charge in [0.25, 0.3) is 0 Å². The highest BCUT2D eigenvalue weighted by Gasteiger charge is 2.34. The third-order valence-electron chi connectivity index (χ3n) is 4.82. The van der Waals surface area contributed by atoms with Gasteiger partial charge in [0.1, 0.15) is 0 Å². The monoisotopic (exact) mass is 244 g/mol. The molecule has 0 spiro atoms. The predicted octanol–water partition coefficient (Wildman–Crippen LogP) is 2.88. The van der Waals surface area contributed by atoms with E-state index < -0.39 is 0 Å². The topological polar surface area (TPSA) is 29.3 Å². The molecule has 1 aromatic rings. The lowest BCUT2D eigenvalue weighted by molar-refractivity contribution is 0.0799. The van der Waals surface area contributed by atoms with Crippen molar-refractivity contribution in [2.45, 2.75) is 57.2 Å². The van der Waals surface area contributed by atoms with E-state index in [9.17, 15) is 0 Å². The number of nitrogens with zero attached hydrogens (tertiary/aromatic N) is 1. The van der Waals surface area contributed by atoms with Crippen LogP contribution in [0.3, 0.4) is 0 Å². The van der Waals surface area contributed by atoms with Gasteiger partial charge in [0.05, 0.1) is 0 Å². The van der Waals surface area contributed by atoms with E-state index in [1.54, 1.807) is 0 Å². The molecule has 3 rings (SSSR count). The average Bonchev–Trinajstić information content (AvgIpc) is 2.41. The van der Waals surface area contributed by atoms with Crippen molar-refractivity contribution >= 4 is 0 Å². The molecular weight excluding hydrogens is 220 g/mol. The first kappa shape index (κ1) is 12.2. The lowest BCUT2D eigenvalue weighted by Gasteiger charge is -2.44. The van der Waals surface area contributed by atoms with Crippen LogP contribution >= 0.6 is 0 Å². The molecule has 3 atom stereocenters. The third-order valence-corrected chi connectivity index (χ3v) is 4.82. The fourth-order valence-corrected chi connectivity index (χ4v) is 3.76. The highest BCUT2D eigenvalue weighted by Crippen LogP contribution is 2.34. The summed E-state index contributed by atoms with van der Waals surface area (Å²) in [5.74, 6) is 0. The number of likely N-dealkylation sites (tertiary alicyclic amines) is 1. The fraction of sp³-hybridized carbons (Fsp3) is 0.625. The van der Waals surface area contributed by atoms with Gasteiger partial charge >= 0.3 is 0 Å². The summed E-state index contributed by atoms with van der Waals surface area (Å²) < 4.78 is 0. The number of benzene rings is 1. The number of hydrogen-bond donors (Lipinski definition) is 1. The Morgan fingerprint density at radius 3 is 2.83 bits per heavy atom. The molecule has 1 aromatic carbocycles. The molecule has 0 aromatic heterocycles. The van der Waals surface area contributed by atoms with Gasteiger partial charge in [-0.3, -0.25) is 4.90 Å². The van der Waals surface area contributed by atoms with Gasteiger partial charge in [-0.2, -0.15) is 0 Å². The lowest BCUT2D eigenvalue weighted by atomic mass is 9.82. The summed E-state index contributed by atoms with van der Waals surface area (Å²) in [4.78, 5) is 2.67. The molecule has 1 fully saturated rings. The zero-order valence-electron chi connectivity index (χ0n) is 11.3. The summed E-state index contributed by atoms with van der Waals surface area (Å²) in [5, 5.41) is 0. The summed E-state index contributed by atoms with van der Waals surface area (Å²) in [6, 6.07) is 10.2. The van der Waals surface area contributed by atoms with Crippen LogP contribution in [0.25, 0.3) is 0 Å². The molecule has 2 aliphatic rings. The molecule has 0 amide bonds. The lowest BCUT2D eigenvalue weighted by Crippen LogP contribution is -2.51. The molecule has 0 radical (unpaired) electrons. The first-order chi connectivity index (χ1) is 8.77. The highest BCUT2D eigenvalue weighted by molar-refractivity contribution is 5.33. The minimum Gasteiger partial charge on any atom is -0.323 e. The van der Waals surface area contributed by atoms with Gasteiger partial charge in [-0.1, -0.05) is 30.7 Å². The summed E-state index contributed by atoms with van der Waals surface area (Å²) in [6.07, 6.45) is 6.48. The molecule has 3 unspecified atom stereocenters. The van der Waals surface area contributed by atoms with E-state index in [0.717, 1.165) is 0 Å². The highest BCUT2D eigenvalue weighted by atomic mass is 15.2. The van der Waals surface area contributed by atoms with E-state index in [-0.39, 0.29) is 6.04 Å². The Morgan fingerprint density at radius 2 is 2.00 bits per heavy atom. The number of nitrogens with two attached hydrogens (primary N) is 1. The first-order valence-electron chi connectivity index (χ1n) is 7.36. The van der Waals surface area contributed by atoms with Crippen molar-refractivity contribution in [1.29, 1.82) is 0 Å². The summed E-state index contributed by atoms with van der Waals surface area (Å²) >= 11 is 0. The summed E-state index contributed by atoms with van der Waals surface area (Å²) in [7, 11) is 0. The van der Waals surface area contributed by atoms with Crippen molar-refractivity contribution < 1.29 is 0 Å². The Labute approximate surface area is 110 Å². The van der Waals surface area contributed by atoms with Gasteiger partial charge in [-0.25, -0.2) is 0 Å². The Hall–Kier alpha value is -0.860. The molecule has 0 saturated carbocycles. The van der Waals surface area contributed by atoms with Crippen LogP contribution in [-0.4, -0.2) is 23.5 Å². The standard InChI is InChI=1S/C16H24N2/c1-12-6-4-5-11-18(12)15-10-9-13-7-2-3-8-14(13)16(15)17/h2-3,7-8,12,15-16H,4-6,9-11,17H2,1H3. The first-order valence-corrected chi connectivity index (χ1v) is 7.36. The van der Waals surface area contributed by atoms with Crippen molar-refractivity contribution in [1.82, 2.24) is 4.90 Å². The Kier molecular flexibility index (Phi) is 3.40. The van der Waals surface area contributed by atoms with Crippen LogP contribution in [0.1, 0.15) is 49.8 Å². The molecule has 1 saturated heterocycles. The second-order valence-electron chi connectivity index (χ2n) is 5.91. The molecule has 2 N–H and O–H groups in total. The van der Waals surface area contributed by atoms with Crippen molar-refractivity contribution in [3.63, 3.8) is 0 Å². The van der Waals surface area contributed by atoms with Crippen LogP contribution in [0, 0.1) is 0 Å². The van der Waals surface area contributed by atoms with Crippen molar-refractivity contribution in [2.24, 2.45) is 5.73 Å². The Balaban J connectivity index is 1.83. The predicted molar refractivity (Wildman–Crippen MR) is 75.5 cm³/mol. The molecule has 1 heterocycles. The molecule has 0 bridgehead atoms. The number of piperidine rings is 1. The van der Waals surface area contributed by atoms with Crippen molar-refractivity contribution in [2.75, 3.05) is 6.54 Å². The van der Waals surface area contributed by atoms with Crippen LogP contribution in [0.5, 0.6) is 0 Å². The van der Waals surface area contributed by atoms with Gasteiger partial charge in [0, 0.05) is 18.1 Å². The quantitative estimate of drug-likeness (QED) is 0.823. The average molecular weight is 244 g/mol. The molecule has 2 nitrogen and oxygen atoms in total. The summed E-state index contributed by atoms with van der Waals surface area (Å²) in [5.41, 5.74) is 9.39. The van der Waals surface area contributed by atoms with E-state index >= 15 is 0 Å². The van der Waals surface area contributed by atoms with Crippen LogP contribution in [0.15, 0.2) is 24.3 Å². The number of rotatable bonds is 1. The minimum atomic E-state index is 0.204. The SMILES string of the molecule is CC1CCCCN1C1CCc2ccccc2C1N. The van der Waals surface area contributed by atoms with Gasteiger partial charge in [-0.15, -0.1) is 0 Å². The minimum absolute atomic E-state index is 0.204. The van der Waals surface area contributed by atoms with Crippen LogP contribution in [-0.2, 0) is 6.42 Å². The second kappa shape index (κ2) is 5.02. The molecule has 1 aliphatic carbocycles. The van der Waals surface area contributed by atoms with Gasteiger partial charge < -0.3 is 5.73 Å². The molecular formula is C16H24N2. The van der Waals surface area contributed by atoms with Crippen molar-refractivity contribution in [3.05, 3.63) is 35.4 Å². The maximum absolute atomic E-state index is 6.54. The normalized spacial score (nSPS) is 33.1. The number of fused-ring (bicyclic) bond motifs is 1. The van der Waals surface area contributed by atoms with E-state index in [2.05, 4.69) is 36.1 Å². The maximum Gasteiger partial charge on any atom is 0.0456 e. The summed E-state index contributed by atoms with van der Waals surface area (Å²) in [6.45, 7) is 3.61. The van der Waals surface area contributed by atoms with E-state index in [4.69, 9.17) is 5.73 Å². The van der Waals surface area contributed by atoms with Gasteiger partial charge in [-0.05, 0) is 50.3 Å². The van der Waals surface area contributed by atoms with E-state index in [0.29, 0.717) is 12.1 Å². The Morgan fingerprint density at radius 1 is 1.17 bits per heavy atom. The number of aryl methyl sites for hydroxylation is 1. The molecule has 18 heavy (non-hydrogen) atoms. The van der Waals surface area contributed by atoms with Crippen LogP contribution in [0.4, 0.5) is 0 Å². The van der Waals surface area contributed by atoms with Crippen LogP contribution < -0.4 is 5.73 Å². The molecule has 98 valence electrons. The van der Waals surface area contributed by atoms with E-state index in [1.807, 2.05) is 0 Å². The smallest absolute Gasteiger partial charge is 0.0456 e. The van der Waals surface area contributed by atoms with Gasteiger partial charge in [0.15, 0.2) is 0 Å². The zero-order valence-corrected chi connectivity index (χ0v) is 11.3. The largest absolute Gasteiger partial charge is 0.323 e. The van der Waals surface area contributed by atoms with Crippen LogP contribution in [0.2, 0.25) is 0 Å². The zero-order chi connectivity index (χ0) is 12.5. The second-order valence-corrected chi connectivity index (χ2v) is 5.91. The van der Waals surface area contributed by atoms with E-state index in [1.165, 1.54) is 49.8 Å². The fourth-order valence-electron chi connectivity index (χ4n) is 3.76. The van der Waals surface area contributed by atoms with Crippen molar-refractivity contribution in [3.8, 4) is 0 Å². The Bertz CT molecular complexity index is 415. The maximum atomic E-state index is 6.54. The third kappa shape index (κ3) is 2.08. The molecule has 1 aliphatic heterocycles.